The van der Waals surface area contributed by atoms with Crippen molar-refractivity contribution in [2.24, 2.45) is 16.1 Å². The lowest BCUT2D eigenvalue weighted by Crippen LogP contribution is -1.75. The van der Waals surface area contributed by atoms with Crippen LogP contribution in [0.1, 0.15) is 0 Å². The third-order valence-electron chi connectivity index (χ3n) is 0.394. The smallest absolute Gasteiger partial charge is 0.161 e. The number of hydrogen-bond acceptors (Lipinski definition) is 6. The van der Waals surface area contributed by atoms with Gasteiger partial charge in [-0.15, -0.1) is 27.7 Å². The molecule has 0 aliphatic carbocycles. The van der Waals surface area contributed by atoms with Gasteiger partial charge in [0.1, 0.15) is 0 Å². The van der Waals surface area contributed by atoms with Crippen LogP contribution >= 0.6 is 12.4 Å². The number of aromatic amines is 1. The molecule has 0 amide bonds. The second kappa shape index (κ2) is 11.3. The third-order valence-corrected chi connectivity index (χ3v) is 0.394. The van der Waals surface area contributed by atoms with Crippen molar-refractivity contribution in [2.75, 3.05) is 0 Å². The maximum absolute atomic E-state index is 6.00. The molecule has 0 fully saturated rings. The van der Waals surface area contributed by atoms with Crippen LogP contribution in [-0.4, -0.2) is 27.0 Å². The van der Waals surface area contributed by atoms with Crippen molar-refractivity contribution in [3.8, 4) is 0 Å². The first-order chi connectivity index (χ1) is 4.91. The Morgan fingerprint density at radius 3 is 2.45 bits per heavy atom. The first-order valence-electron chi connectivity index (χ1n) is 2.16. The maximum Gasteiger partial charge on any atom is 0.161 e. The lowest BCUT2D eigenvalue weighted by molar-refractivity contribution is 0.881. The van der Waals surface area contributed by atoms with Crippen LogP contribution in [0.4, 0.5) is 0 Å². The number of rotatable bonds is 1. The van der Waals surface area contributed by atoms with Crippen molar-refractivity contribution in [3.63, 3.8) is 0 Å². The number of tetrazole rings is 1. The monoisotopic (exact) mass is 178 g/mol. The van der Waals surface area contributed by atoms with Crippen LogP contribution in [0, 0.1) is 5.53 Å². The molecule has 1 rings (SSSR count). The fourth-order valence-corrected chi connectivity index (χ4v) is 0.162. The molecule has 0 bridgehead atoms. The average molecular weight is 179 g/mol. The van der Waals surface area contributed by atoms with E-state index in [9.17, 15) is 0 Å². The summed E-state index contributed by atoms with van der Waals surface area (Å²) in [6.07, 6.45) is 2.28. The normalized spacial score (nSPS) is 7.64. The van der Waals surface area contributed by atoms with Gasteiger partial charge in [-0.1, -0.05) is 5.21 Å². The van der Waals surface area contributed by atoms with Crippen LogP contribution in [0.15, 0.2) is 16.5 Å². The number of nitrogens with two attached hydrogens (primary N) is 1. The molecular formula is C2H7ClN8. The molecule has 4 N–H and O–H groups in total. The fourth-order valence-electron chi connectivity index (χ4n) is 0.162. The summed E-state index contributed by atoms with van der Waals surface area (Å²) in [5.41, 5.74) is 6.00. The highest BCUT2D eigenvalue weighted by molar-refractivity contribution is 5.85. The first kappa shape index (κ1) is 12.1. The summed E-state index contributed by atoms with van der Waals surface area (Å²) in [5, 5.41) is 17.7. The zero-order valence-electron chi connectivity index (χ0n) is 5.38. The standard InChI is InChI=1S/CH2N4.CH4N4.ClH/c1-2-4-5-3-1;2-4-1-5-3;/h1H,(H,2,3,4,5);1-2H,3H2;1H. The van der Waals surface area contributed by atoms with Crippen LogP contribution in [0.2, 0.25) is 0 Å². The Bertz CT molecular complexity index is 151. The summed E-state index contributed by atoms with van der Waals surface area (Å²) in [6.45, 7) is 0. The topological polar surface area (TPSA) is 129 Å². The van der Waals surface area contributed by atoms with Gasteiger partial charge < -0.3 is 5.84 Å². The Hall–Kier alpha value is -1.57. The van der Waals surface area contributed by atoms with Gasteiger partial charge in [0.2, 0.25) is 0 Å². The molecule has 0 atom stereocenters. The molecule has 0 saturated carbocycles. The predicted octanol–water partition coefficient (Wildman–Crippen LogP) is -0.459. The second-order valence-corrected chi connectivity index (χ2v) is 0.954. The summed E-state index contributed by atoms with van der Waals surface area (Å²) in [6, 6.07) is 0. The van der Waals surface area contributed by atoms with Gasteiger partial charge in [0.05, 0.1) is 0 Å². The first-order valence-corrected chi connectivity index (χ1v) is 2.16. The third kappa shape index (κ3) is 11.8. The zero-order chi connectivity index (χ0) is 7.66. The van der Waals surface area contributed by atoms with Gasteiger partial charge >= 0.3 is 0 Å². The molecule has 0 saturated heterocycles. The van der Waals surface area contributed by atoms with Gasteiger partial charge in [-0.2, -0.15) is 10.3 Å². The Balaban J connectivity index is 0. The lowest BCUT2D eigenvalue weighted by Gasteiger charge is -1.58. The minimum absolute atomic E-state index is 0. The van der Waals surface area contributed by atoms with E-state index in [1.54, 1.807) is 0 Å². The van der Waals surface area contributed by atoms with E-state index >= 15 is 0 Å². The van der Waals surface area contributed by atoms with E-state index in [1.807, 2.05) is 0 Å². The molecule has 1 aromatic rings. The molecule has 0 radical (unpaired) electrons. The molecule has 0 spiro atoms. The highest BCUT2D eigenvalue weighted by Crippen LogP contribution is 1.44. The Labute approximate surface area is 68.2 Å². The molecule has 62 valence electrons. The van der Waals surface area contributed by atoms with Crippen molar-refractivity contribution in [2.45, 2.75) is 0 Å². The molecule has 8 nitrogen and oxygen atoms in total. The van der Waals surface area contributed by atoms with Crippen LogP contribution in [-0.2, 0) is 0 Å². The van der Waals surface area contributed by atoms with E-state index in [1.165, 1.54) is 6.33 Å². The highest BCUT2D eigenvalue weighted by Gasteiger charge is 1.58. The quantitative estimate of drug-likeness (QED) is 0.177. The number of halogens is 1. The van der Waals surface area contributed by atoms with Gasteiger partial charge in [0, 0.05) is 0 Å². The van der Waals surface area contributed by atoms with E-state index in [0.717, 1.165) is 6.34 Å². The zero-order valence-corrected chi connectivity index (χ0v) is 6.19. The van der Waals surface area contributed by atoms with Crippen molar-refractivity contribution < 1.29 is 0 Å². The molecule has 11 heavy (non-hydrogen) atoms. The lowest BCUT2D eigenvalue weighted by atomic mass is 11.4. The fraction of sp³-hybridized carbons (Fsp3) is 0. The summed E-state index contributed by atoms with van der Waals surface area (Å²) in [7, 11) is 0. The largest absolute Gasteiger partial charge is 0.322 e. The van der Waals surface area contributed by atoms with Crippen molar-refractivity contribution in [3.05, 3.63) is 6.33 Å². The van der Waals surface area contributed by atoms with E-state index in [-0.39, 0.29) is 12.4 Å². The number of aromatic nitrogens is 4. The molecular weight excluding hydrogens is 172 g/mol. The molecule has 1 aromatic heterocycles. The molecule has 0 aromatic carbocycles. The predicted molar refractivity (Wildman–Crippen MR) is 39.3 cm³/mol. The van der Waals surface area contributed by atoms with Crippen molar-refractivity contribution in [1.29, 1.82) is 5.53 Å². The number of nitrogens with zero attached hydrogens (tertiary/aromatic N) is 5. The number of nitrogens with one attached hydrogen (secondary N) is 2. The van der Waals surface area contributed by atoms with Gasteiger partial charge in [0.25, 0.3) is 0 Å². The van der Waals surface area contributed by atoms with E-state index in [0.29, 0.717) is 0 Å². The number of H-pyrrole nitrogens is 1. The second-order valence-electron chi connectivity index (χ2n) is 0.954. The minimum atomic E-state index is 0. The SMILES string of the molecule is Cl.N=NC=NN.c1nn[nH]n1. The Morgan fingerprint density at radius 1 is 1.64 bits per heavy atom. The number of hydrazone groups is 1. The summed E-state index contributed by atoms with van der Waals surface area (Å²) < 4.78 is 0. The van der Waals surface area contributed by atoms with E-state index in [2.05, 4.69) is 36.7 Å². The average Bonchev–Trinajstić information content (AvgIpc) is 2.44. The van der Waals surface area contributed by atoms with Crippen LogP contribution in [0.5, 0.6) is 0 Å². The summed E-state index contributed by atoms with van der Waals surface area (Å²) in [4.78, 5) is 0. The van der Waals surface area contributed by atoms with Crippen molar-refractivity contribution in [1.82, 2.24) is 20.6 Å². The van der Waals surface area contributed by atoms with Crippen LogP contribution in [0.3, 0.4) is 0 Å². The van der Waals surface area contributed by atoms with Crippen LogP contribution < -0.4 is 5.84 Å². The Morgan fingerprint density at radius 2 is 2.36 bits per heavy atom. The van der Waals surface area contributed by atoms with Gasteiger partial charge in [0.15, 0.2) is 12.7 Å². The highest BCUT2D eigenvalue weighted by atomic mass is 35.5. The molecule has 0 aliphatic rings. The molecule has 0 unspecified atom stereocenters. The van der Waals surface area contributed by atoms with E-state index < -0.39 is 0 Å². The molecule has 1 heterocycles. The molecule has 9 heteroatoms. The van der Waals surface area contributed by atoms with Gasteiger partial charge in [-0.25, -0.2) is 5.53 Å². The summed E-state index contributed by atoms with van der Waals surface area (Å²) >= 11 is 0. The Kier molecular flexibility index (Phi) is 12.4. The van der Waals surface area contributed by atoms with Gasteiger partial charge in [-0.3, -0.25) is 0 Å². The van der Waals surface area contributed by atoms with Gasteiger partial charge in [-0.05, 0) is 0 Å². The van der Waals surface area contributed by atoms with Crippen molar-refractivity contribution >= 4 is 18.7 Å². The maximum atomic E-state index is 6.00. The molecule has 0 aliphatic heterocycles. The summed E-state index contributed by atoms with van der Waals surface area (Å²) in [5.74, 6) is 4.49. The van der Waals surface area contributed by atoms with E-state index in [4.69, 9.17) is 5.53 Å². The van der Waals surface area contributed by atoms with Crippen LogP contribution in [0.25, 0.3) is 0 Å². The minimum Gasteiger partial charge on any atom is -0.322 e. The number of hydrogen-bond donors (Lipinski definition) is 3.